The lowest BCUT2D eigenvalue weighted by molar-refractivity contribution is 0.265. The highest BCUT2D eigenvalue weighted by Crippen LogP contribution is 2.26. The average Bonchev–Trinajstić information content (AvgIpc) is 2.71. The van der Waals surface area contributed by atoms with Gasteiger partial charge in [-0.2, -0.15) is 0 Å². The largest absolute Gasteiger partial charge is 0.484 e. The molecule has 0 radical (unpaired) electrons. The predicted molar refractivity (Wildman–Crippen MR) is 69.8 cm³/mol. The fourth-order valence-electron chi connectivity index (χ4n) is 1.60. The van der Waals surface area contributed by atoms with E-state index in [1.54, 1.807) is 6.07 Å². The molecule has 0 saturated carbocycles. The van der Waals surface area contributed by atoms with E-state index in [0.29, 0.717) is 22.5 Å². The second-order valence-corrected chi connectivity index (χ2v) is 4.72. The van der Waals surface area contributed by atoms with Crippen molar-refractivity contribution in [2.75, 3.05) is 0 Å². The van der Waals surface area contributed by atoms with E-state index in [1.165, 1.54) is 12.1 Å². The zero-order valence-corrected chi connectivity index (χ0v) is 11.5. The van der Waals surface area contributed by atoms with Crippen LogP contribution in [0.5, 0.6) is 5.75 Å². The first-order valence-electron chi connectivity index (χ1n) is 5.46. The molecule has 2 rings (SSSR count). The summed E-state index contributed by atoms with van der Waals surface area (Å²) in [5.41, 5.74) is 6.51. The summed E-state index contributed by atoms with van der Waals surface area (Å²) in [4.78, 5) is 0. The minimum absolute atomic E-state index is 0.239. The molecule has 2 N–H and O–H groups in total. The molecular formula is C13H13BrFNO2. The van der Waals surface area contributed by atoms with Crippen LogP contribution in [-0.4, -0.2) is 0 Å². The number of nitrogens with two attached hydrogens (primary N) is 1. The van der Waals surface area contributed by atoms with E-state index >= 15 is 0 Å². The van der Waals surface area contributed by atoms with Gasteiger partial charge in [0.15, 0.2) is 0 Å². The molecule has 0 fully saturated rings. The highest BCUT2D eigenvalue weighted by atomic mass is 79.9. The highest BCUT2D eigenvalue weighted by Gasteiger charge is 2.08. The van der Waals surface area contributed by atoms with Gasteiger partial charge in [-0.05, 0) is 41.1 Å². The first kappa shape index (κ1) is 13.1. The van der Waals surface area contributed by atoms with E-state index in [-0.39, 0.29) is 12.4 Å². The molecule has 0 aliphatic carbocycles. The van der Waals surface area contributed by atoms with Crippen LogP contribution in [0.4, 0.5) is 4.39 Å². The molecule has 0 bridgehead atoms. The fourth-order valence-corrected chi connectivity index (χ4v) is 1.96. The lowest BCUT2D eigenvalue weighted by atomic mass is 10.2. The maximum absolute atomic E-state index is 13.1. The van der Waals surface area contributed by atoms with Crippen LogP contribution < -0.4 is 10.5 Å². The Kier molecular flexibility index (Phi) is 4.04. The van der Waals surface area contributed by atoms with E-state index in [2.05, 4.69) is 15.9 Å². The molecular weight excluding hydrogens is 301 g/mol. The van der Waals surface area contributed by atoms with E-state index in [4.69, 9.17) is 14.9 Å². The maximum atomic E-state index is 13.1. The first-order chi connectivity index (χ1) is 8.60. The Morgan fingerprint density at radius 2 is 2.17 bits per heavy atom. The SMILES string of the molecule is Cc1oc(COc2cc(F)ccc2Br)cc1CN. The average molecular weight is 314 g/mol. The van der Waals surface area contributed by atoms with Gasteiger partial charge in [-0.3, -0.25) is 0 Å². The number of aryl methyl sites for hydroxylation is 1. The third kappa shape index (κ3) is 2.91. The Hall–Kier alpha value is -1.33. The van der Waals surface area contributed by atoms with Gasteiger partial charge in [0.05, 0.1) is 4.47 Å². The van der Waals surface area contributed by atoms with Crippen LogP contribution >= 0.6 is 15.9 Å². The van der Waals surface area contributed by atoms with Gasteiger partial charge in [0.25, 0.3) is 0 Å². The first-order valence-corrected chi connectivity index (χ1v) is 6.25. The van der Waals surface area contributed by atoms with E-state index in [0.717, 1.165) is 11.3 Å². The van der Waals surface area contributed by atoms with Gasteiger partial charge in [-0.15, -0.1) is 0 Å². The molecule has 1 aromatic heterocycles. The topological polar surface area (TPSA) is 48.4 Å². The molecule has 1 aromatic carbocycles. The number of hydrogen-bond acceptors (Lipinski definition) is 3. The quantitative estimate of drug-likeness (QED) is 0.939. The van der Waals surface area contributed by atoms with Gasteiger partial charge < -0.3 is 14.9 Å². The van der Waals surface area contributed by atoms with Gasteiger partial charge >= 0.3 is 0 Å². The summed E-state index contributed by atoms with van der Waals surface area (Å²) in [6.07, 6.45) is 0. The van der Waals surface area contributed by atoms with Gasteiger partial charge in [0.1, 0.15) is 29.7 Å². The summed E-state index contributed by atoms with van der Waals surface area (Å²) >= 11 is 3.30. The molecule has 0 unspecified atom stereocenters. The van der Waals surface area contributed by atoms with Crippen molar-refractivity contribution in [2.24, 2.45) is 5.73 Å². The lowest BCUT2D eigenvalue weighted by Crippen LogP contribution is -1.96. The highest BCUT2D eigenvalue weighted by molar-refractivity contribution is 9.10. The number of halogens is 2. The van der Waals surface area contributed by atoms with Gasteiger partial charge in [0.2, 0.25) is 0 Å². The van der Waals surface area contributed by atoms with Gasteiger partial charge in [-0.25, -0.2) is 4.39 Å². The summed E-state index contributed by atoms with van der Waals surface area (Å²) in [6, 6.07) is 6.14. The second kappa shape index (κ2) is 5.54. The molecule has 0 spiro atoms. The minimum atomic E-state index is -0.341. The Balaban J connectivity index is 2.08. The molecule has 0 saturated heterocycles. The van der Waals surface area contributed by atoms with Crippen LogP contribution in [0.3, 0.4) is 0 Å². The number of hydrogen-bond donors (Lipinski definition) is 1. The summed E-state index contributed by atoms with van der Waals surface area (Å²) in [5.74, 6) is 1.56. The maximum Gasteiger partial charge on any atom is 0.146 e. The fraction of sp³-hybridized carbons (Fsp3) is 0.231. The second-order valence-electron chi connectivity index (χ2n) is 3.86. The Morgan fingerprint density at radius 3 is 2.83 bits per heavy atom. The van der Waals surface area contributed by atoms with E-state index in [9.17, 15) is 4.39 Å². The summed E-state index contributed by atoms with van der Waals surface area (Å²) in [5, 5.41) is 0. The Labute approximate surface area is 113 Å². The van der Waals surface area contributed by atoms with Crippen LogP contribution in [0.1, 0.15) is 17.1 Å². The lowest BCUT2D eigenvalue weighted by Gasteiger charge is -2.06. The van der Waals surface area contributed by atoms with Crippen LogP contribution in [0.2, 0.25) is 0 Å². The number of benzene rings is 1. The summed E-state index contributed by atoms with van der Waals surface area (Å²) in [6.45, 7) is 2.52. The van der Waals surface area contributed by atoms with Gasteiger partial charge in [-0.1, -0.05) is 0 Å². The summed E-state index contributed by atoms with van der Waals surface area (Å²) in [7, 11) is 0. The smallest absolute Gasteiger partial charge is 0.146 e. The molecule has 2 aromatic rings. The molecule has 1 heterocycles. The number of ether oxygens (including phenoxy) is 1. The van der Waals surface area contributed by atoms with Crippen molar-refractivity contribution < 1.29 is 13.5 Å². The molecule has 0 atom stereocenters. The summed E-state index contributed by atoms with van der Waals surface area (Å²) < 4.78 is 24.7. The predicted octanol–water partition coefficient (Wildman–Crippen LogP) is 3.53. The molecule has 5 heteroatoms. The molecule has 0 aliphatic rings. The number of furan rings is 1. The minimum Gasteiger partial charge on any atom is -0.484 e. The molecule has 0 amide bonds. The Morgan fingerprint density at radius 1 is 1.39 bits per heavy atom. The molecule has 0 aliphatic heterocycles. The van der Waals surface area contributed by atoms with Crippen molar-refractivity contribution in [1.29, 1.82) is 0 Å². The molecule has 96 valence electrons. The van der Waals surface area contributed by atoms with Crippen molar-refractivity contribution in [2.45, 2.75) is 20.1 Å². The van der Waals surface area contributed by atoms with Crippen LogP contribution in [-0.2, 0) is 13.2 Å². The van der Waals surface area contributed by atoms with E-state index < -0.39 is 0 Å². The van der Waals surface area contributed by atoms with Crippen LogP contribution in [0.25, 0.3) is 0 Å². The van der Waals surface area contributed by atoms with Crippen molar-refractivity contribution in [3.05, 3.63) is 51.6 Å². The van der Waals surface area contributed by atoms with Gasteiger partial charge in [0, 0.05) is 18.2 Å². The standard InChI is InChI=1S/C13H13BrFNO2/c1-8-9(6-16)4-11(18-8)7-17-13-5-10(15)2-3-12(13)14/h2-5H,6-7,16H2,1H3. The van der Waals surface area contributed by atoms with Crippen molar-refractivity contribution in [1.82, 2.24) is 0 Å². The third-order valence-corrected chi connectivity index (χ3v) is 3.21. The monoisotopic (exact) mass is 313 g/mol. The molecule has 18 heavy (non-hydrogen) atoms. The van der Waals surface area contributed by atoms with Crippen LogP contribution in [0.15, 0.2) is 33.2 Å². The normalized spacial score (nSPS) is 10.7. The zero-order valence-electron chi connectivity index (χ0n) is 9.87. The number of rotatable bonds is 4. The third-order valence-electron chi connectivity index (χ3n) is 2.55. The molecule has 3 nitrogen and oxygen atoms in total. The van der Waals surface area contributed by atoms with Crippen LogP contribution in [0, 0.1) is 12.7 Å². The van der Waals surface area contributed by atoms with Crippen molar-refractivity contribution in [3.8, 4) is 5.75 Å². The van der Waals surface area contributed by atoms with Crippen molar-refractivity contribution >= 4 is 15.9 Å². The van der Waals surface area contributed by atoms with E-state index in [1.807, 2.05) is 13.0 Å². The zero-order chi connectivity index (χ0) is 13.1. The Bertz CT molecular complexity index is 554. The van der Waals surface area contributed by atoms with Crippen molar-refractivity contribution in [3.63, 3.8) is 0 Å².